The molecule has 0 N–H and O–H groups in total. The van der Waals surface area contributed by atoms with E-state index >= 15 is 0 Å². The zero-order valence-electron chi connectivity index (χ0n) is 23.7. The van der Waals surface area contributed by atoms with E-state index in [0.717, 1.165) is 12.8 Å². The van der Waals surface area contributed by atoms with Crippen molar-refractivity contribution in [3.8, 4) is 0 Å². The van der Waals surface area contributed by atoms with Gasteiger partial charge in [-0.3, -0.25) is 0 Å². The van der Waals surface area contributed by atoms with Crippen molar-refractivity contribution in [3.05, 3.63) is 215 Å². The molecule has 0 atom stereocenters. The zero-order chi connectivity index (χ0) is 28.4. The van der Waals surface area contributed by atoms with Gasteiger partial charge >= 0.3 is 0 Å². The molecule has 6 aromatic rings. The van der Waals surface area contributed by atoms with Crippen LogP contribution < -0.4 is 0 Å². The summed E-state index contributed by atoms with van der Waals surface area (Å²) < 4.78 is 0. The van der Waals surface area contributed by atoms with Gasteiger partial charge in [-0.1, -0.05) is 182 Å². The average molecular weight is 539 g/mol. The largest absolute Gasteiger partial charge is 0.0622 e. The van der Waals surface area contributed by atoms with E-state index in [2.05, 4.69) is 182 Å². The Morgan fingerprint density at radius 3 is 0.786 bits per heavy atom. The van der Waals surface area contributed by atoms with E-state index in [1.54, 1.807) is 0 Å². The van der Waals surface area contributed by atoms with Crippen LogP contribution >= 0.6 is 0 Å². The molecule has 0 fully saturated rings. The fourth-order valence-corrected chi connectivity index (χ4v) is 5.70. The minimum Gasteiger partial charge on any atom is -0.0622 e. The predicted octanol–water partition coefficient (Wildman–Crippen LogP) is 10.7. The Balaban J connectivity index is 1.75. The van der Waals surface area contributed by atoms with Crippen molar-refractivity contribution in [2.24, 2.45) is 0 Å². The standard InChI is InChI=1S/C42H34/c1-7-19-33(20-8-1)31-39(35-23-11-3-12-24-35)41(37-27-15-5-16-28-37)42(38-29-17-6-18-30-38)40(36-25-13-4-14-26-36)32-34-21-9-2-10-22-34/h1-30H,31-32H2/b41-39+,42-40+. The molecule has 0 amide bonds. The summed E-state index contributed by atoms with van der Waals surface area (Å²) in [6.45, 7) is 0. The van der Waals surface area contributed by atoms with Crippen molar-refractivity contribution in [2.75, 3.05) is 0 Å². The molecule has 0 aliphatic rings. The van der Waals surface area contributed by atoms with Gasteiger partial charge in [0.2, 0.25) is 0 Å². The summed E-state index contributed by atoms with van der Waals surface area (Å²) in [6.07, 6.45) is 1.64. The first-order valence-electron chi connectivity index (χ1n) is 14.6. The SMILES string of the molecule is c1ccc(C/C(=C(\C(=C(/Cc2ccccc2)c2ccccc2)c2ccccc2)c2ccccc2)c2ccccc2)cc1. The van der Waals surface area contributed by atoms with E-state index in [1.165, 1.54) is 55.7 Å². The minimum absolute atomic E-state index is 0.818. The first-order chi connectivity index (χ1) is 20.9. The van der Waals surface area contributed by atoms with Gasteiger partial charge in [0.1, 0.15) is 0 Å². The van der Waals surface area contributed by atoms with E-state index in [-0.39, 0.29) is 0 Å². The molecule has 0 spiro atoms. The molecule has 0 heterocycles. The average Bonchev–Trinajstić information content (AvgIpc) is 3.08. The molecular formula is C42H34. The first-order valence-corrected chi connectivity index (χ1v) is 14.6. The molecule has 0 unspecified atom stereocenters. The Hall–Kier alpha value is -5.20. The van der Waals surface area contributed by atoms with Gasteiger partial charge in [0, 0.05) is 0 Å². The third-order valence-corrected chi connectivity index (χ3v) is 7.67. The van der Waals surface area contributed by atoms with Crippen LogP contribution in [-0.4, -0.2) is 0 Å². The van der Waals surface area contributed by atoms with E-state index in [0.29, 0.717) is 0 Å². The second-order valence-electron chi connectivity index (χ2n) is 10.5. The highest BCUT2D eigenvalue weighted by molar-refractivity contribution is 6.21. The van der Waals surface area contributed by atoms with Gasteiger partial charge in [-0.2, -0.15) is 0 Å². The lowest BCUT2D eigenvalue weighted by Crippen LogP contribution is -2.04. The van der Waals surface area contributed by atoms with Crippen LogP contribution in [0.25, 0.3) is 22.3 Å². The van der Waals surface area contributed by atoms with Gasteiger partial charge in [0.05, 0.1) is 0 Å². The molecule has 202 valence electrons. The van der Waals surface area contributed by atoms with Crippen molar-refractivity contribution >= 4 is 22.3 Å². The van der Waals surface area contributed by atoms with Gasteiger partial charge in [-0.05, 0) is 68.5 Å². The highest BCUT2D eigenvalue weighted by Gasteiger charge is 2.22. The molecule has 0 aliphatic carbocycles. The van der Waals surface area contributed by atoms with Crippen LogP contribution in [0.15, 0.2) is 182 Å². The minimum atomic E-state index is 0.818. The topological polar surface area (TPSA) is 0 Å². The van der Waals surface area contributed by atoms with E-state index in [9.17, 15) is 0 Å². The fourth-order valence-electron chi connectivity index (χ4n) is 5.70. The molecule has 0 aliphatic heterocycles. The normalized spacial score (nSPS) is 12.3. The van der Waals surface area contributed by atoms with Crippen LogP contribution in [-0.2, 0) is 12.8 Å². The monoisotopic (exact) mass is 538 g/mol. The number of benzene rings is 6. The van der Waals surface area contributed by atoms with Gasteiger partial charge in [-0.15, -0.1) is 0 Å². The predicted molar refractivity (Wildman–Crippen MR) is 180 cm³/mol. The Bertz CT molecular complexity index is 1610. The van der Waals surface area contributed by atoms with Gasteiger partial charge in [0.25, 0.3) is 0 Å². The van der Waals surface area contributed by atoms with Crippen LogP contribution in [0.2, 0.25) is 0 Å². The van der Waals surface area contributed by atoms with Crippen LogP contribution in [0, 0.1) is 0 Å². The fraction of sp³-hybridized carbons (Fsp3) is 0.0476. The van der Waals surface area contributed by atoms with Crippen molar-refractivity contribution in [2.45, 2.75) is 12.8 Å². The van der Waals surface area contributed by atoms with Crippen LogP contribution in [0.5, 0.6) is 0 Å². The molecule has 0 bridgehead atoms. The second kappa shape index (κ2) is 13.4. The second-order valence-corrected chi connectivity index (χ2v) is 10.5. The highest BCUT2D eigenvalue weighted by Crippen LogP contribution is 2.44. The summed E-state index contributed by atoms with van der Waals surface area (Å²) in [7, 11) is 0. The third-order valence-electron chi connectivity index (χ3n) is 7.67. The van der Waals surface area contributed by atoms with Crippen LogP contribution in [0.1, 0.15) is 33.4 Å². The smallest absolute Gasteiger partial charge is 0.00134 e. The molecule has 0 saturated carbocycles. The summed E-state index contributed by atoms with van der Waals surface area (Å²) >= 11 is 0. The Labute approximate surface area is 250 Å². The maximum atomic E-state index is 2.26. The number of hydrogen-bond acceptors (Lipinski definition) is 0. The molecule has 0 aromatic heterocycles. The van der Waals surface area contributed by atoms with E-state index < -0.39 is 0 Å². The number of hydrogen-bond donors (Lipinski definition) is 0. The Morgan fingerprint density at radius 2 is 0.500 bits per heavy atom. The number of rotatable bonds is 9. The molecule has 0 heteroatoms. The summed E-state index contributed by atoms with van der Waals surface area (Å²) in [4.78, 5) is 0. The van der Waals surface area contributed by atoms with Crippen molar-refractivity contribution in [1.29, 1.82) is 0 Å². The van der Waals surface area contributed by atoms with Gasteiger partial charge in [-0.25, -0.2) is 0 Å². The lowest BCUT2D eigenvalue weighted by atomic mass is 9.79. The van der Waals surface area contributed by atoms with Gasteiger partial charge in [0.15, 0.2) is 0 Å². The first kappa shape index (κ1) is 27.0. The molecule has 6 rings (SSSR count). The highest BCUT2D eigenvalue weighted by atomic mass is 14.3. The van der Waals surface area contributed by atoms with Crippen molar-refractivity contribution < 1.29 is 0 Å². The lowest BCUT2D eigenvalue weighted by molar-refractivity contribution is 1.27. The summed E-state index contributed by atoms with van der Waals surface area (Å²) in [5.41, 5.74) is 12.7. The maximum absolute atomic E-state index is 2.26. The molecule has 0 nitrogen and oxygen atoms in total. The number of allylic oxidation sites excluding steroid dienone is 4. The molecule has 0 radical (unpaired) electrons. The van der Waals surface area contributed by atoms with Crippen LogP contribution in [0.3, 0.4) is 0 Å². The zero-order valence-corrected chi connectivity index (χ0v) is 23.7. The maximum Gasteiger partial charge on any atom is -0.00134 e. The molecule has 0 saturated heterocycles. The molecule has 6 aromatic carbocycles. The van der Waals surface area contributed by atoms with Crippen molar-refractivity contribution in [1.82, 2.24) is 0 Å². The Morgan fingerprint density at radius 1 is 0.262 bits per heavy atom. The summed E-state index contributed by atoms with van der Waals surface area (Å²) in [6, 6.07) is 65.4. The lowest BCUT2D eigenvalue weighted by Gasteiger charge is -2.24. The van der Waals surface area contributed by atoms with E-state index in [1.807, 2.05) is 0 Å². The van der Waals surface area contributed by atoms with E-state index in [4.69, 9.17) is 0 Å². The quantitative estimate of drug-likeness (QED) is 0.127. The molecular weight excluding hydrogens is 504 g/mol. The summed E-state index contributed by atoms with van der Waals surface area (Å²) in [5, 5.41) is 0. The summed E-state index contributed by atoms with van der Waals surface area (Å²) in [5.74, 6) is 0. The third kappa shape index (κ3) is 6.40. The van der Waals surface area contributed by atoms with Crippen LogP contribution in [0.4, 0.5) is 0 Å². The Kier molecular flexibility index (Phi) is 8.64. The van der Waals surface area contributed by atoms with Gasteiger partial charge < -0.3 is 0 Å². The van der Waals surface area contributed by atoms with Crippen molar-refractivity contribution in [3.63, 3.8) is 0 Å². The molecule has 42 heavy (non-hydrogen) atoms.